The summed E-state index contributed by atoms with van der Waals surface area (Å²) in [4.78, 5) is 15.3. The molecule has 1 aliphatic heterocycles. The van der Waals surface area contributed by atoms with E-state index in [1.54, 1.807) is 0 Å². The summed E-state index contributed by atoms with van der Waals surface area (Å²) in [6.45, 7) is 4.08. The Morgan fingerprint density at radius 1 is 0.812 bits per heavy atom. The lowest BCUT2D eigenvalue weighted by Gasteiger charge is -2.38. The Morgan fingerprint density at radius 2 is 1.41 bits per heavy atom. The van der Waals surface area contributed by atoms with Crippen molar-refractivity contribution in [3.63, 3.8) is 0 Å². The van der Waals surface area contributed by atoms with Crippen LogP contribution in [0.15, 0.2) is 84.9 Å². The van der Waals surface area contributed by atoms with E-state index in [1.165, 1.54) is 18.4 Å². The number of benzene rings is 3. The molecule has 1 heterocycles. The van der Waals surface area contributed by atoms with Crippen LogP contribution in [-0.4, -0.2) is 30.4 Å². The highest BCUT2D eigenvalue weighted by molar-refractivity contribution is 5.94. The number of para-hydroxylation sites is 1. The highest BCUT2D eigenvalue weighted by atomic mass is 16.5. The quantitative estimate of drug-likeness (QED) is 0.552. The summed E-state index contributed by atoms with van der Waals surface area (Å²) in [6, 6.07) is 27.8. The highest BCUT2D eigenvalue weighted by Gasteiger charge is 2.41. The molecular formula is C28H30N2O2. The molecule has 164 valence electrons. The molecule has 32 heavy (non-hydrogen) atoms. The van der Waals surface area contributed by atoms with Gasteiger partial charge < -0.3 is 10.1 Å². The third-order valence-corrected chi connectivity index (χ3v) is 6.95. The second kappa shape index (κ2) is 9.58. The number of amides is 1. The summed E-state index contributed by atoms with van der Waals surface area (Å²) in [5, 5.41) is 3.20. The van der Waals surface area contributed by atoms with Gasteiger partial charge in [0.1, 0.15) is 11.5 Å². The molecule has 2 unspecified atom stereocenters. The molecule has 0 spiro atoms. The minimum atomic E-state index is 0.00220. The smallest absolute Gasteiger partial charge is 0.251 e. The zero-order valence-corrected chi connectivity index (χ0v) is 18.3. The lowest BCUT2D eigenvalue weighted by molar-refractivity contribution is 0.0856. The van der Waals surface area contributed by atoms with E-state index in [-0.39, 0.29) is 5.91 Å². The molecule has 1 saturated carbocycles. The molecule has 1 saturated heterocycles. The van der Waals surface area contributed by atoms with Crippen LogP contribution >= 0.6 is 0 Å². The Morgan fingerprint density at radius 3 is 2.06 bits per heavy atom. The number of ether oxygens (including phenoxy) is 1. The second-order valence-corrected chi connectivity index (χ2v) is 9.09. The van der Waals surface area contributed by atoms with Crippen LogP contribution in [0.5, 0.6) is 11.5 Å². The van der Waals surface area contributed by atoms with Gasteiger partial charge >= 0.3 is 0 Å². The molecule has 0 radical (unpaired) electrons. The maximum absolute atomic E-state index is 12.7. The van der Waals surface area contributed by atoms with Gasteiger partial charge in [0.25, 0.3) is 5.91 Å². The van der Waals surface area contributed by atoms with Gasteiger partial charge in [-0.2, -0.15) is 0 Å². The van der Waals surface area contributed by atoms with Crippen molar-refractivity contribution < 1.29 is 9.53 Å². The van der Waals surface area contributed by atoms with Crippen LogP contribution < -0.4 is 10.1 Å². The van der Waals surface area contributed by atoms with Crippen molar-refractivity contribution in [3.8, 4) is 11.5 Å². The van der Waals surface area contributed by atoms with E-state index in [4.69, 9.17) is 4.74 Å². The van der Waals surface area contributed by atoms with Crippen molar-refractivity contribution in [1.29, 1.82) is 0 Å². The molecule has 2 atom stereocenters. The molecule has 4 nitrogen and oxygen atoms in total. The number of likely N-dealkylation sites (tertiary alicyclic amines) is 1. The second-order valence-electron chi connectivity index (χ2n) is 9.09. The molecule has 3 aromatic rings. The van der Waals surface area contributed by atoms with Gasteiger partial charge in [0.15, 0.2) is 0 Å². The normalized spacial score (nSPS) is 22.4. The predicted molar refractivity (Wildman–Crippen MR) is 127 cm³/mol. The van der Waals surface area contributed by atoms with Crippen LogP contribution in [0.1, 0.15) is 28.8 Å². The van der Waals surface area contributed by atoms with Crippen LogP contribution in [0.4, 0.5) is 0 Å². The van der Waals surface area contributed by atoms with E-state index in [1.807, 2.05) is 54.6 Å². The van der Waals surface area contributed by atoms with E-state index in [0.29, 0.717) is 23.3 Å². The van der Waals surface area contributed by atoms with Crippen molar-refractivity contribution >= 4 is 5.91 Å². The number of carbonyl (C=O) groups is 1. The molecule has 5 rings (SSSR count). The number of nitrogens with one attached hydrogen (secondary N) is 1. The minimum Gasteiger partial charge on any atom is -0.457 e. The predicted octanol–water partition coefficient (Wildman–Crippen LogP) is 5.37. The van der Waals surface area contributed by atoms with Gasteiger partial charge in [-0.1, -0.05) is 48.5 Å². The summed E-state index contributed by atoms with van der Waals surface area (Å²) in [6.07, 6.45) is 2.56. The molecule has 1 N–H and O–H groups in total. The molecule has 1 aliphatic carbocycles. The molecule has 4 heteroatoms. The Hall–Kier alpha value is -3.11. The summed E-state index contributed by atoms with van der Waals surface area (Å²) in [5.41, 5.74) is 2.07. The highest BCUT2D eigenvalue weighted by Crippen LogP contribution is 2.42. The van der Waals surface area contributed by atoms with E-state index in [9.17, 15) is 4.79 Å². The maximum atomic E-state index is 12.7. The Bertz CT molecular complexity index is 1010. The largest absolute Gasteiger partial charge is 0.457 e. The molecule has 3 aromatic carbocycles. The van der Waals surface area contributed by atoms with Crippen LogP contribution in [0.25, 0.3) is 0 Å². The van der Waals surface area contributed by atoms with E-state index in [0.717, 1.165) is 37.7 Å². The van der Waals surface area contributed by atoms with E-state index in [2.05, 4.69) is 40.5 Å². The van der Waals surface area contributed by atoms with Crippen molar-refractivity contribution in [2.75, 3.05) is 19.6 Å². The molecule has 2 fully saturated rings. The first kappa shape index (κ1) is 20.8. The average molecular weight is 427 g/mol. The lowest BCUT2D eigenvalue weighted by atomic mass is 9.84. The third-order valence-electron chi connectivity index (χ3n) is 6.95. The number of hydrogen-bond donors (Lipinski definition) is 1. The zero-order chi connectivity index (χ0) is 21.8. The fourth-order valence-electron chi connectivity index (χ4n) is 5.35. The fourth-order valence-corrected chi connectivity index (χ4v) is 5.35. The number of hydrogen-bond acceptors (Lipinski definition) is 3. The first-order valence-corrected chi connectivity index (χ1v) is 11.6. The monoisotopic (exact) mass is 426 g/mol. The van der Waals surface area contributed by atoms with Gasteiger partial charge in [0, 0.05) is 31.7 Å². The SMILES string of the molecule is O=C(NCC1C2CCC1CN(Cc1ccccc1)C2)c1ccc(Oc2ccccc2)cc1. The number of rotatable bonds is 7. The van der Waals surface area contributed by atoms with Crippen molar-refractivity contribution in [2.45, 2.75) is 19.4 Å². The third kappa shape index (κ3) is 4.86. The van der Waals surface area contributed by atoms with E-state index < -0.39 is 0 Å². The summed E-state index contributed by atoms with van der Waals surface area (Å²) in [7, 11) is 0. The van der Waals surface area contributed by atoms with Crippen molar-refractivity contribution in [3.05, 3.63) is 96.1 Å². The topological polar surface area (TPSA) is 41.6 Å². The standard InChI is InChI=1S/C28H30N2O2/c31-28(22-13-15-26(16-14-22)32-25-9-5-2-6-10-25)29-17-27-23-11-12-24(27)20-30(19-23)18-21-7-3-1-4-8-21/h1-10,13-16,23-24,27H,11-12,17-20H2,(H,29,31). The summed E-state index contributed by atoms with van der Waals surface area (Å²) < 4.78 is 5.82. The maximum Gasteiger partial charge on any atom is 0.251 e. The molecule has 2 aliphatic rings. The van der Waals surface area contributed by atoms with Crippen LogP contribution in [-0.2, 0) is 6.54 Å². The number of nitrogens with zero attached hydrogens (tertiary/aromatic N) is 1. The van der Waals surface area contributed by atoms with Gasteiger partial charge in [-0.05, 0) is 72.6 Å². The molecule has 0 aromatic heterocycles. The fraction of sp³-hybridized carbons (Fsp3) is 0.321. The van der Waals surface area contributed by atoms with Gasteiger partial charge in [-0.25, -0.2) is 0 Å². The van der Waals surface area contributed by atoms with Gasteiger partial charge in [-0.3, -0.25) is 9.69 Å². The van der Waals surface area contributed by atoms with Gasteiger partial charge in [0.2, 0.25) is 0 Å². The molecular weight excluding hydrogens is 396 g/mol. The summed E-state index contributed by atoms with van der Waals surface area (Å²) in [5.74, 6) is 3.48. The molecule has 2 bridgehead atoms. The Kier molecular flexibility index (Phi) is 6.22. The van der Waals surface area contributed by atoms with Crippen LogP contribution in [0.2, 0.25) is 0 Å². The average Bonchev–Trinajstić information content (AvgIpc) is 3.07. The van der Waals surface area contributed by atoms with Crippen LogP contribution in [0.3, 0.4) is 0 Å². The van der Waals surface area contributed by atoms with Crippen molar-refractivity contribution in [2.24, 2.45) is 17.8 Å². The van der Waals surface area contributed by atoms with Crippen LogP contribution in [0, 0.1) is 17.8 Å². The van der Waals surface area contributed by atoms with Crippen molar-refractivity contribution in [1.82, 2.24) is 10.2 Å². The Labute approximate surface area is 190 Å². The lowest BCUT2D eigenvalue weighted by Crippen LogP contribution is -2.45. The minimum absolute atomic E-state index is 0.00220. The number of piperidine rings is 1. The summed E-state index contributed by atoms with van der Waals surface area (Å²) >= 11 is 0. The van der Waals surface area contributed by atoms with Gasteiger partial charge in [0.05, 0.1) is 0 Å². The van der Waals surface area contributed by atoms with E-state index >= 15 is 0 Å². The Balaban J connectivity index is 1.13. The number of fused-ring (bicyclic) bond motifs is 2. The molecule has 1 amide bonds. The first-order valence-electron chi connectivity index (χ1n) is 11.6. The van der Waals surface area contributed by atoms with Gasteiger partial charge in [-0.15, -0.1) is 0 Å². The zero-order valence-electron chi connectivity index (χ0n) is 18.3. The first-order chi connectivity index (χ1) is 15.7. The number of carbonyl (C=O) groups excluding carboxylic acids is 1.